The Hall–Kier alpha value is -1.14. The zero-order valence-corrected chi connectivity index (χ0v) is 11.6. The van der Waals surface area contributed by atoms with Gasteiger partial charge in [-0.25, -0.2) is 4.79 Å². The molecule has 1 unspecified atom stereocenters. The number of ether oxygens (including phenoxy) is 2. The molecule has 0 bridgehead atoms. The van der Waals surface area contributed by atoms with Crippen LogP contribution < -0.4 is 11.1 Å². The van der Waals surface area contributed by atoms with E-state index in [9.17, 15) is 9.59 Å². The Kier molecular flexibility index (Phi) is 8.32. The van der Waals surface area contributed by atoms with Gasteiger partial charge in [0.2, 0.25) is 5.91 Å². The fourth-order valence-electron chi connectivity index (χ4n) is 1.46. The number of amides is 1. The van der Waals surface area contributed by atoms with Crippen molar-refractivity contribution in [3.05, 3.63) is 0 Å². The smallest absolute Gasteiger partial charge is 0.328 e. The summed E-state index contributed by atoms with van der Waals surface area (Å²) >= 11 is 0. The molecule has 0 aliphatic rings. The third-order valence-corrected chi connectivity index (χ3v) is 2.62. The summed E-state index contributed by atoms with van der Waals surface area (Å²) in [7, 11) is 2.89. The van der Waals surface area contributed by atoms with Crippen LogP contribution in [0.2, 0.25) is 0 Å². The lowest BCUT2D eigenvalue weighted by atomic mass is 10.0. The second kappa shape index (κ2) is 8.88. The van der Waals surface area contributed by atoms with Crippen molar-refractivity contribution in [1.82, 2.24) is 5.32 Å². The Morgan fingerprint density at radius 3 is 2.33 bits per heavy atom. The predicted octanol–water partition coefficient (Wildman–Crippen LogP) is 0.0541. The highest BCUT2D eigenvalue weighted by Crippen LogP contribution is 2.05. The summed E-state index contributed by atoms with van der Waals surface area (Å²) in [4.78, 5) is 23.3. The maximum atomic E-state index is 11.8. The van der Waals surface area contributed by atoms with Crippen molar-refractivity contribution in [2.45, 2.75) is 38.8 Å². The quantitative estimate of drug-likeness (QED) is 0.475. The Morgan fingerprint density at radius 2 is 1.89 bits per heavy atom. The van der Waals surface area contributed by atoms with Gasteiger partial charge in [-0.2, -0.15) is 0 Å². The number of methoxy groups -OCH3 is 2. The van der Waals surface area contributed by atoms with Gasteiger partial charge in [0.15, 0.2) is 0 Å². The van der Waals surface area contributed by atoms with Crippen LogP contribution in [0.25, 0.3) is 0 Å². The van der Waals surface area contributed by atoms with Crippen molar-refractivity contribution in [3.8, 4) is 0 Å². The highest BCUT2D eigenvalue weighted by Gasteiger charge is 2.26. The number of hydrogen-bond acceptors (Lipinski definition) is 5. The van der Waals surface area contributed by atoms with Gasteiger partial charge in [-0.05, 0) is 18.8 Å². The molecule has 0 aromatic carbocycles. The summed E-state index contributed by atoms with van der Waals surface area (Å²) in [6.07, 6.45) is 1.22. The minimum Gasteiger partial charge on any atom is -0.467 e. The molecule has 0 spiro atoms. The lowest BCUT2D eigenvalue weighted by Gasteiger charge is -2.21. The molecule has 0 rings (SSSR count). The normalized spacial score (nSPS) is 14.1. The minimum absolute atomic E-state index is 0.0485. The maximum Gasteiger partial charge on any atom is 0.328 e. The van der Waals surface area contributed by atoms with Crippen LogP contribution in [0.3, 0.4) is 0 Å². The van der Waals surface area contributed by atoms with Gasteiger partial charge < -0.3 is 20.5 Å². The van der Waals surface area contributed by atoms with Crippen LogP contribution in [0, 0.1) is 5.92 Å². The molecule has 2 atom stereocenters. The highest BCUT2D eigenvalue weighted by atomic mass is 16.5. The molecule has 0 aromatic rings. The van der Waals surface area contributed by atoms with E-state index in [0.717, 1.165) is 0 Å². The largest absolute Gasteiger partial charge is 0.467 e. The molecule has 3 N–H and O–H groups in total. The fourth-order valence-corrected chi connectivity index (χ4v) is 1.46. The molecule has 0 saturated heterocycles. The van der Waals surface area contributed by atoms with E-state index < -0.39 is 18.1 Å². The minimum atomic E-state index is -0.657. The molecule has 106 valence electrons. The summed E-state index contributed by atoms with van der Waals surface area (Å²) in [6.45, 7) is 4.22. The van der Waals surface area contributed by atoms with Crippen LogP contribution in [-0.4, -0.2) is 44.8 Å². The fraction of sp³-hybridized carbons (Fsp3) is 0.833. The van der Waals surface area contributed by atoms with Crippen molar-refractivity contribution in [2.75, 3.05) is 20.8 Å². The van der Waals surface area contributed by atoms with E-state index >= 15 is 0 Å². The SMILES string of the molecule is COCCCC(N)C(=O)N[C@H](C(=O)OC)C(C)C. The third-order valence-electron chi connectivity index (χ3n) is 2.62. The van der Waals surface area contributed by atoms with E-state index in [1.54, 1.807) is 7.11 Å². The first-order valence-corrected chi connectivity index (χ1v) is 6.06. The third kappa shape index (κ3) is 5.97. The van der Waals surface area contributed by atoms with Crippen molar-refractivity contribution in [3.63, 3.8) is 0 Å². The zero-order chi connectivity index (χ0) is 14.1. The van der Waals surface area contributed by atoms with Crippen LogP contribution >= 0.6 is 0 Å². The zero-order valence-electron chi connectivity index (χ0n) is 11.6. The van der Waals surface area contributed by atoms with E-state index in [-0.39, 0.29) is 11.8 Å². The highest BCUT2D eigenvalue weighted by molar-refractivity contribution is 5.87. The summed E-state index contributed by atoms with van der Waals surface area (Å²) in [5, 5.41) is 2.61. The van der Waals surface area contributed by atoms with Gasteiger partial charge in [-0.1, -0.05) is 13.8 Å². The van der Waals surface area contributed by atoms with Crippen LogP contribution in [-0.2, 0) is 19.1 Å². The van der Waals surface area contributed by atoms with Gasteiger partial charge in [0, 0.05) is 13.7 Å². The van der Waals surface area contributed by atoms with Crippen LogP contribution in [0.5, 0.6) is 0 Å². The molecule has 0 aromatic heterocycles. The molecule has 0 aliphatic heterocycles. The van der Waals surface area contributed by atoms with E-state index in [1.165, 1.54) is 7.11 Å². The average molecular weight is 260 g/mol. The molecule has 6 heteroatoms. The van der Waals surface area contributed by atoms with Crippen molar-refractivity contribution >= 4 is 11.9 Å². The number of nitrogens with one attached hydrogen (secondary N) is 1. The number of rotatable bonds is 8. The first-order valence-electron chi connectivity index (χ1n) is 6.06. The molecule has 18 heavy (non-hydrogen) atoms. The van der Waals surface area contributed by atoms with Crippen molar-refractivity contribution < 1.29 is 19.1 Å². The maximum absolute atomic E-state index is 11.8. The van der Waals surface area contributed by atoms with Gasteiger partial charge in [-0.3, -0.25) is 4.79 Å². The summed E-state index contributed by atoms with van der Waals surface area (Å²) in [5.41, 5.74) is 5.73. The molecule has 0 fully saturated rings. The Bertz CT molecular complexity index is 269. The second-order valence-electron chi connectivity index (χ2n) is 4.49. The molecule has 0 heterocycles. The number of hydrogen-bond donors (Lipinski definition) is 2. The number of carbonyl (C=O) groups is 2. The monoisotopic (exact) mass is 260 g/mol. The number of esters is 1. The molecular weight excluding hydrogens is 236 g/mol. The van der Waals surface area contributed by atoms with E-state index in [4.69, 9.17) is 10.5 Å². The van der Waals surface area contributed by atoms with Gasteiger partial charge in [0.1, 0.15) is 6.04 Å². The van der Waals surface area contributed by atoms with Gasteiger partial charge >= 0.3 is 5.97 Å². The predicted molar refractivity (Wildman–Crippen MR) is 67.9 cm³/mol. The standard InChI is InChI=1S/C12H24N2O4/c1-8(2)10(12(16)18-4)14-11(15)9(13)6-5-7-17-3/h8-10H,5-7,13H2,1-4H3,(H,14,15)/t9?,10-/m0/s1. The van der Waals surface area contributed by atoms with Crippen LogP contribution in [0.1, 0.15) is 26.7 Å². The van der Waals surface area contributed by atoms with Gasteiger partial charge in [-0.15, -0.1) is 0 Å². The first-order chi connectivity index (χ1) is 8.43. The second-order valence-corrected chi connectivity index (χ2v) is 4.49. The van der Waals surface area contributed by atoms with Crippen LogP contribution in [0.15, 0.2) is 0 Å². The average Bonchev–Trinajstić information content (AvgIpc) is 2.34. The van der Waals surface area contributed by atoms with Crippen molar-refractivity contribution in [1.29, 1.82) is 0 Å². The summed E-state index contributed by atoms with van der Waals surface area (Å²) in [5.74, 6) is -0.842. The molecular formula is C12H24N2O4. The Balaban J connectivity index is 4.28. The lowest BCUT2D eigenvalue weighted by molar-refractivity contribution is -0.146. The summed E-state index contributed by atoms with van der Waals surface area (Å²) < 4.78 is 9.52. The molecule has 1 amide bonds. The number of carbonyl (C=O) groups excluding carboxylic acids is 2. The van der Waals surface area contributed by atoms with E-state index in [1.807, 2.05) is 13.8 Å². The Morgan fingerprint density at radius 1 is 1.28 bits per heavy atom. The summed E-state index contributed by atoms with van der Waals surface area (Å²) in [6, 6.07) is -1.29. The topological polar surface area (TPSA) is 90.6 Å². The van der Waals surface area contributed by atoms with E-state index in [2.05, 4.69) is 10.1 Å². The molecule has 0 saturated carbocycles. The van der Waals surface area contributed by atoms with Gasteiger partial charge in [0.05, 0.1) is 13.2 Å². The molecule has 0 aliphatic carbocycles. The van der Waals surface area contributed by atoms with E-state index in [0.29, 0.717) is 19.4 Å². The number of nitrogens with two attached hydrogens (primary N) is 1. The Labute approximate surface area is 108 Å². The molecule has 6 nitrogen and oxygen atoms in total. The van der Waals surface area contributed by atoms with Crippen molar-refractivity contribution in [2.24, 2.45) is 11.7 Å². The van der Waals surface area contributed by atoms with Gasteiger partial charge in [0.25, 0.3) is 0 Å². The lowest BCUT2D eigenvalue weighted by Crippen LogP contribution is -2.50. The molecule has 0 radical (unpaired) electrons. The van der Waals surface area contributed by atoms with Crippen LogP contribution in [0.4, 0.5) is 0 Å². The first kappa shape index (κ1) is 16.9.